The van der Waals surface area contributed by atoms with Gasteiger partial charge in [-0.15, -0.1) is 0 Å². The van der Waals surface area contributed by atoms with E-state index >= 15 is 0 Å². The first-order chi connectivity index (χ1) is 18.9. The lowest BCUT2D eigenvalue weighted by atomic mass is 9.90. The Balaban J connectivity index is 1.13. The monoisotopic (exact) mass is 563 g/mol. The number of anilines is 1. The number of hydrogen-bond acceptors (Lipinski definition) is 6. The van der Waals surface area contributed by atoms with Gasteiger partial charge in [0.05, 0.1) is 0 Å². The summed E-state index contributed by atoms with van der Waals surface area (Å²) in [6, 6.07) is 20.3. The molecule has 2 amide bonds. The Hall–Kier alpha value is -3.10. The highest BCUT2D eigenvalue weighted by atomic mass is 35.5. The van der Waals surface area contributed by atoms with Crippen LogP contribution in [0.1, 0.15) is 41.3 Å². The van der Waals surface area contributed by atoms with Gasteiger partial charge in [-0.05, 0) is 48.4 Å². The van der Waals surface area contributed by atoms with Crippen molar-refractivity contribution in [2.24, 2.45) is 5.92 Å². The summed E-state index contributed by atoms with van der Waals surface area (Å²) >= 11 is 7.94. The van der Waals surface area contributed by atoms with Gasteiger partial charge in [0.2, 0.25) is 5.91 Å². The van der Waals surface area contributed by atoms with E-state index in [2.05, 4.69) is 40.2 Å². The van der Waals surface area contributed by atoms with E-state index in [1.54, 1.807) is 23.6 Å². The molecule has 204 valence electrons. The van der Waals surface area contributed by atoms with Crippen molar-refractivity contribution in [2.75, 3.05) is 44.2 Å². The predicted octanol–water partition coefficient (Wildman–Crippen LogP) is 5.19. The normalized spacial score (nSPS) is 16.4. The minimum atomic E-state index is 0.00719. The fraction of sp³-hybridized carbons (Fsp3) is 0.400. The summed E-state index contributed by atoms with van der Waals surface area (Å²) in [4.78, 5) is 39.6. The van der Waals surface area contributed by atoms with Crippen LogP contribution in [-0.4, -0.2) is 70.9 Å². The molecular formula is C30H34ClN5O2S. The lowest BCUT2D eigenvalue weighted by Crippen LogP contribution is -2.50. The van der Waals surface area contributed by atoms with Crippen LogP contribution in [0.3, 0.4) is 0 Å². The Bertz CT molecular complexity index is 1270. The zero-order valence-corrected chi connectivity index (χ0v) is 23.8. The van der Waals surface area contributed by atoms with Crippen molar-refractivity contribution >= 4 is 41.0 Å². The van der Waals surface area contributed by atoms with Crippen LogP contribution >= 0.6 is 23.4 Å². The summed E-state index contributed by atoms with van der Waals surface area (Å²) in [5.41, 5.74) is 3.16. The molecule has 0 saturated carbocycles. The summed E-state index contributed by atoms with van der Waals surface area (Å²) in [6.45, 7) is 5.80. The van der Waals surface area contributed by atoms with Gasteiger partial charge in [0.1, 0.15) is 11.0 Å². The second-order valence-electron chi connectivity index (χ2n) is 10.2. The second kappa shape index (κ2) is 12.8. The fourth-order valence-corrected chi connectivity index (χ4v) is 6.26. The maximum absolute atomic E-state index is 12.9. The third kappa shape index (κ3) is 7.31. The number of rotatable bonds is 7. The number of benzene rings is 2. The molecule has 3 aromatic rings. The van der Waals surface area contributed by atoms with Gasteiger partial charge < -0.3 is 14.7 Å². The van der Waals surface area contributed by atoms with Gasteiger partial charge in [0, 0.05) is 63.6 Å². The summed E-state index contributed by atoms with van der Waals surface area (Å²) in [5.74, 6) is 2.33. The summed E-state index contributed by atoms with van der Waals surface area (Å²) < 4.78 is 0. The van der Waals surface area contributed by atoms with Crippen molar-refractivity contribution in [3.8, 4) is 0 Å². The van der Waals surface area contributed by atoms with E-state index in [0.29, 0.717) is 53.7 Å². The number of hydrogen-bond donors (Lipinski definition) is 0. The van der Waals surface area contributed by atoms with Crippen LogP contribution in [-0.2, 0) is 17.0 Å². The van der Waals surface area contributed by atoms with Crippen molar-refractivity contribution in [2.45, 2.75) is 37.1 Å². The fourth-order valence-electron chi connectivity index (χ4n) is 5.22. The first kappa shape index (κ1) is 27.5. The summed E-state index contributed by atoms with van der Waals surface area (Å²) in [5, 5.41) is 1.12. The number of halogens is 1. The molecule has 0 spiro atoms. The van der Waals surface area contributed by atoms with Gasteiger partial charge in [0.25, 0.3) is 5.91 Å². The molecule has 0 atom stereocenters. The van der Waals surface area contributed by atoms with Gasteiger partial charge in [-0.3, -0.25) is 9.59 Å². The van der Waals surface area contributed by atoms with Crippen molar-refractivity contribution < 1.29 is 9.59 Å². The van der Waals surface area contributed by atoms with Gasteiger partial charge in [-0.1, -0.05) is 65.8 Å². The smallest absolute Gasteiger partial charge is 0.253 e. The maximum atomic E-state index is 12.9. The van der Waals surface area contributed by atoms with Crippen molar-refractivity contribution in [3.05, 3.63) is 82.5 Å². The maximum Gasteiger partial charge on any atom is 0.253 e. The zero-order chi connectivity index (χ0) is 27.2. The number of thioether (sulfide) groups is 1. The van der Waals surface area contributed by atoms with Crippen LogP contribution in [0.15, 0.2) is 65.8 Å². The summed E-state index contributed by atoms with van der Waals surface area (Å²) in [6.07, 6.45) is 3.40. The number of nitrogens with zero attached hydrogens (tertiary/aromatic N) is 5. The molecule has 0 unspecified atom stereocenters. The highest BCUT2D eigenvalue weighted by molar-refractivity contribution is 7.98. The molecule has 0 radical (unpaired) electrons. The van der Waals surface area contributed by atoms with Gasteiger partial charge in [0.15, 0.2) is 5.16 Å². The topological polar surface area (TPSA) is 69.6 Å². The highest BCUT2D eigenvalue weighted by Gasteiger charge is 2.24. The molecule has 9 heteroatoms. The van der Waals surface area contributed by atoms with Gasteiger partial charge in [-0.25, -0.2) is 9.97 Å². The largest absolute Gasteiger partial charge is 0.356 e. The second-order valence-corrected chi connectivity index (χ2v) is 11.6. The number of piperazine rings is 1. The third-order valence-corrected chi connectivity index (χ3v) is 8.66. The highest BCUT2D eigenvalue weighted by Crippen LogP contribution is 2.29. The lowest BCUT2D eigenvalue weighted by Gasteiger charge is -2.34. The number of piperidine rings is 1. The molecule has 2 aliphatic heterocycles. The van der Waals surface area contributed by atoms with E-state index < -0.39 is 0 Å². The van der Waals surface area contributed by atoms with E-state index in [1.165, 1.54) is 5.56 Å². The van der Waals surface area contributed by atoms with Crippen LogP contribution in [0.2, 0.25) is 5.15 Å². The van der Waals surface area contributed by atoms with E-state index in [-0.39, 0.29) is 11.8 Å². The third-order valence-electron chi connectivity index (χ3n) is 7.55. The Morgan fingerprint density at radius 3 is 2.21 bits per heavy atom. The first-order valence-electron chi connectivity index (χ1n) is 13.5. The molecule has 2 saturated heterocycles. The molecule has 0 bridgehead atoms. The minimum Gasteiger partial charge on any atom is -0.356 e. The SMILES string of the molecule is CC(=O)N1CCN(C(=O)c2ccc(CSc3nc(Cl)cc(N4CCC(Cc5ccccc5)CC4)n3)cc2)CC1. The molecule has 0 aliphatic carbocycles. The average Bonchev–Trinajstić information content (AvgIpc) is 2.97. The zero-order valence-electron chi connectivity index (χ0n) is 22.3. The molecule has 7 nitrogen and oxygen atoms in total. The number of amides is 2. The quantitative estimate of drug-likeness (QED) is 0.224. The molecule has 2 fully saturated rings. The molecule has 2 aliphatic rings. The first-order valence-corrected chi connectivity index (χ1v) is 14.9. The van der Waals surface area contributed by atoms with Crippen LogP contribution in [0.4, 0.5) is 5.82 Å². The Kier molecular flexibility index (Phi) is 9.04. The Labute approximate surface area is 239 Å². The van der Waals surface area contributed by atoms with E-state index in [4.69, 9.17) is 16.6 Å². The van der Waals surface area contributed by atoms with E-state index in [0.717, 1.165) is 43.7 Å². The van der Waals surface area contributed by atoms with Crippen LogP contribution < -0.4 is 4.90 Å². The number of carbonyl (C=O) groups is 2. The Morgan fingerprint density at radius 2 is 1.54 bits per heavy atom. The standard InChI is InChI=1S/C30H34ClN5O2S/c1-22(37)34-15-17-36(18-16-34)29(38)26-9-7-25(8-10-26)21-39-30-32-27(31)20-28(33-30)35-13-11-24(12-14-35)19-23-5-3-2-4-6-23/h2-10,20,24H,11-19,21H2,1H3. The molecule has 3 heterocycles. The van der Waals surface area contributed by atoms with Crippen LogP contribution in [0.25, 0.3) is 0 Å². The molecule has 0 N–H and O–H groups in total. The number of carbonyl (C=O) groups excluding carboxylic acids is 2. The van der Waals surface area contributed by atoms with Crippen molar-refractivity contribution in [3.63, 3.8) is 0 Å². The molecule has 2 aromatic carbocycles. The molecule has 5 rings (SSSR count). The summed E-state index contributed by atoms with van der Waals surface area (Å²) in [7, 11) is 0. The Morgan fingerprint density at radius 1 is 0.872 bits per heavy atom. The lowest BCUT2D eigenvalue weighted by molar-refractivity contribution is -0.130. The molecule has 39 heavy (non-hydrogen) atoms. The van der Waals surface area contributed by atoms with Crippen LogP contribution in [0.5, 0.6) is 0 Å². The molecular weight excluding hydrogens is 530 g/mol. The van der Waals surface area contributed by atoms with Crippen LogP contribution in [0, 0.1) is 5.92 Å². The van der Waals surface area contributed by atoms with Crippen molar-refractivity contribution in [1.82, 2.24) is 19.8 Å². The van der Waals surface area contributed by atoms with Gasteiger partial charge in [-0.2, -0.15) is 0 Å². The minimum absolute atomic E-state index is 0.00719. The predicted molar refractivity (Wildman–Crippen MR) is 156 cm³/mol. The van der Waals surface area contributed by atoms with Gasteiger partial charge >= 0.3 is 0 Å². The average molecular weight is 564 g/mol. The van der Waals surface area contributed by atoms with E-state index in [1.807, 2.05) is 35.2 Å². The molecule has 1 aromatic heterocycles. The number of aromatic nitrogens is 2. The van der Waals surface area contributed by atoms with Crippen molar-refractivity contribution in [1.29, 1.82) is 0 Å². The van der Waals surface area contributed by atoms with E-state index in [9.17, 15) is 9.59 Å².